The van der Waals surface area contributed by atoms with Crippen molar-refractivity contribution in [1.29, 1.82) is 0 Å². The van der Waals surface area contributed by atoms with Gasteiger partial charge in [-0.2, -0.15) is 0 Å². The minimum absolute atomic E-state index is 0.0431. The third-order valence-corrected chi connectivity index (χ3v) is 3.76. The van der Waals surface area contributed by atoms with E-state index >= 15 is 0 Å². The molecule has 108 valence electrons. The van der Waals surface area contributed by atoms with Gasteiger partial charge in [-0.1, -0.05) is 30.3 Å². The van der Waals surface area contributed by atoms with Gasteiger partial charge in [0.2, 0.25) is 5.91 Å². The normalized spacial score (nSPS) is 16.2. The van der Waals surface area contributed by atoms with Gasteiger partial charge in [0.25, 0.3) is 0 Å². The number of aliphatic hydroxyl groups excluding tert-OH is 1. The number of amides is 1. The molecule has 0 bridgehead atoms. The van der Waals surface area contributed by atoms with Gasteiger partial charge in [0, 0.05) is 11.3 Å². The Hall–Kier alpha value is -2.33. The highest BCUT2D eigenvalue weighted by atomic mass is 16.5. The number of ether oxygens (including phenoxy) is 1. The average molecular weight is 283 g/mol. The lowest BCUT2D eigenvalue weighted by Crippen LogP contribution is -2.22. The number of fused-ring (bicyclic) bond motifs is 1. The van der Waals surface area contributed by atoms with Crippen molar-refractivity contribution in [2.24, 2.45) is 0 Å². The predicted molar refractivity (Wildman–Crippen MR) is 80.4 cm³/mol. The average Bonchev–Trinajstić information content (AvgIpc) is 2.93. The predicted octanol–water partition coefficient (Wildman–Crippen LogP) is 2.60. The zero-order valence-corrected chi connectivity index (χ0v) is 11.8. The molecule has 4 heteroatoms. The summed E-state index contributed by atoms with van der Waals surface area (Å²) >= 11 is 0. The molecule has 3 rings (SSSR count). The first-order valence-electron chi connectivity index (χ1n) is 6.92. The van der Waals surface area contributed by atoms with Crippen LogP contribution >= 0.6 is 0 Å². The summed E-state index contributed by atoms with van der Waals surface area (Å²) in [6.45, 7) is 2.25. The molecule has 0 aliphatic carbocycles. The van der Waals surface area contributed by atoms with Crippen LogP contribution in [-0.4, -0.2) is 17.6 Å². The molecule has 1 atom stereocenters. The quantitative estimate of drug-likeness (QED) is 0.910. The second-order valence-corrected chi connectivity index (χ2v) is 5.20. The fourth-order valence-corrected chi connectivity index (χ4v) is 2.50. The molecule has 1 heterocycles. The van der Waals surface area contributed by atoms with Crippen molar-refractivity contribution < 1.29 is 14.6 Å². The van der Waals surface area contributed by atoms with E-state index in [1.54, 1.807) is 6.07 Å². The second-order valence-electron chi connectivity index (χ2n) is 5.20. The molecule has 1 aliphatic rings. The molecule has 1 unspecified atom stereocenters. The Labute approximate surface area is 123 Å². The monoisotopic (exact) mass is 283 g/mol. The number of carbonyl (C=O) groups is 1. The van der Waals surface area contributed by atoms with Crippen LogP contribution in [0.25, 0.3) is 0 Å². The first-order valence-corrected chi connectivity index (χ1v) is 6.92. The summed E-state index contributed by atoms with van der Waals surface area (Å²) in [6, 6.07) is 13.1. The zero-order chi connectivity index (χ0) is 14.8. The molecule has 0 aromatic heterocycles. The first kappa shape index (κ1) is 13.6. The lowest BCUT2D eigenvalue weighted by Gasteiger charge is -2.13. The summed E-state index contributed by atoms with van der Waals surface area (Å²) in [5.74, 6) is 0.398. The van der Waals surface area contributed by atoms with Crippen molar-refractivity contribution in [2.45, 2.75) is 19.4 Å². The maximum atomic E-state index is 12.5. The standard InChI is InChI=1S/C17H17NO3/c1-11-6-7-12(9-19)8-15(11)18-17(20)14-10-21-16-5-3-2-4-13(14)16/h2-8,14,19H,9-10H2,1H3,(H,18,20). The van der Waals surface area contributed by atoms with E-state index in [0.717, 1.165) is 28.1 Å². The largest absolute Gasteiger partial charge is 0.492 e. The van der Waals surface area contributed by atoms with Crippen LogP contribution in [0.1, 0.15) is 22.6 Å². The summed E-state index contributed by atoms with van der Waals surface area (Å²) < 4.78 is 5.54. The molecular weight excluding hydrogens is 266 g/mol. The molecule has 1 amide bonds. The van der Waals surface area contributed by atoms with E-state index in [0.29, 0.717) is 6.61 Å². The number of hydrogen-bond acceptors (Lipinski definition) is 3. The number of anilines is 1. The van der Waals surface area contributed by atoms with Gasteiger partial charge in [-0.05, 0) is 30.2 Å². The van der Waals surface area contributed by atoms with Crippen LogP contribution in [0.5, 0.6) is 5.75 Å². The molecule has 0 spiro atoms. The van der Waals surface area contributed by atoms with Crippen LogP contribution in [-0.2, 0) is 11.4 Å². The molecule has 1 aliphatic heterocycles. The van der Waals surface area contributed by atoms with Gasteiger partial charge in [-0.3, -0.25) is 4.79 Å². The second kappa shape index (κ2) is 5.58. The number of carbonyl (C=O) groups excluding carboxylic acids is 1. The lowest BCUT2D eigenvalue weighted by molar-refractivity contribution is -0.117. The zero-order valence-electron chi connectivity index (χ0n) is 11.8. The molecule has 2 N–H and O–H groups in total. The van der Waals surface area contributed by atoms with Gasteiger partial charge in [0.05, 0.1) is 6.61 Å². The van der Waals surface area contributed by atoms with E-state index < -0.39 is 0 Å². The molecule has 0 fully saturated rings. The molecule has 0 saturated carbocycles. The van der Waals surface area contributed by atoms with Gasteiger partial charge in [0.15, 0.2) is 0 Å². The molecule has 0 saturated heterocycles. The fourth-order valence-electron chi connectivity index (χ4n) is 2.50. The van der Waals surface area contributed by atoms with Gasteiger partial charge in [0.1, 0.15) is 18.3 Å². The van der Waals surface area contributed by atoms with E-state index in [4.69, 9.17) is 4.74 Å². The fraction of sp³-hybridized carbons (Fsp3) is 0.235. The lowest BCUT2D eigenvalue weighted by atomic mass is 10.00. The van der Waals surface area contributed by atoms with Crippen LogP contribution in [0.15, 0.2) is 42.5 Å². The molecule has 2 aromatic rings. The van der Waals surface area contributed by atoms with Crippen molar-refractivity contribution in [3.63, 3.8) is 0 Å². The van der Waals surface area contributed by atoms with E-state index in [2.05, 4.69) is 5.32 Å². The molecular formula is C17H17NO3. The van der Waals surface area contributed by atoms with E-state index in [1.165, 1.54) is 0 Å². The number of rotatable bonds is 3. The Kier molecular flexibility index (Phi) is 3.62. The minimum Gasteiger partial charge on any atom is -0.492 e. The smallest absolute Gasteiger partial charge is 0.235 e. The van der Waals surface area contributed by atoms with Crippen molar-refractivity contribution in [1.82, 2.24) is 0 Å². The maximum Gasteiger partial charge on any atom is 0.235 e. The van der Waals surface area contributed by atoms with Crippen LogP contribution in [0, 0.1) is 6.92 Å². The molecule has 21 heavy (non-hydrogen) atoms. The highest BCUT2D eigenvalue weighted by Gasteiger charge is 2.30. The van der Waals surface area contributed by atoms with E-state index in [9.17, 15) is 9.90 Å². The van der Waals surface area contributed by atoms with E-state index in [-0.39, 0.29) is 18.4 Å². The van der Waals surface area contributed by atoms with E-state index in [1.807, 2.05) is 43.3 Å². The third kappa shape index (κ3) is 2.62. The number of nitrogens with one attached hydrogen (secondary N) is 1. The van der Waals surface area contributed by atoms with Gasteiger partial charge >= 0.3 is 0 Å². The SMILES string of the molecule is Cc1ccc(CO)cc1NC(=O)C1COc2ccccc21. The van der Waals surface area contributed by atoms with Gasteiger partial charge in [-0.15, -0.1) is 0 Å². The van der Waals surface area contributed by atoms with Crippen LogP contribution in [0.3, 0.4) is 0 Å². The van der Waals surface area contributed by atoms with Crippen molar-refractivity contribution in [3.8, 4) is 5.75 Å². The Morgan fingerprint density at radius 1 is 1.33 bits per heavy atom. The molecule has 2 aromatic carbocycles. The highest BCUT2D eigenvalue weighted by Crippen LogP contribution is 2.34. The molecule has 0 radical (unpaired) electrons. The van der Waals surface area contributed by atoms with Crippen molar-refractivity contribution >= 4 is 11.6 Å². The van der Waals surface area contributed by atoms with Crippen molar-refractivity contribution in [3.05, 3.63) is 59.2 Å². The number of hydrogen-bond donors (Lipinski definition) is 2. The topological polar surface area (TPSA) is 58.6 Å². The highest BCUT2D eigenvalue weighted by molar-refractivity contribution is 5.97. The minimum atomic E-state index is -0.293. The summed E-state index contributed by atoms with van der Waals surface area (Å²) in [7, 11) is 0. The number of para-hydroxylation sites is 1. The van der Waals surface area contributed by atoms with Crippen LogP contribution in [0.4, 0.5) is 5.69 Å². The number of benzene rings is 2. The summed E-state index contributed by atoms with van der Waals surface area (Å²) in [4.78, 5) is 12.5. The first-order chi connectivity index (χ1) is 10.2. The maximum absolute atomic E-state index is 12.5. The Bertz CT molecular complexity index is 681. The Morgan fingerprint density at radius 2 is 2.14 bits per heavy atom. The summed E-state index contributed by atoms with van der Waals surface area (Å²) in [6.07, 6.45) is 0. The van der Waals surface area contributed by atoms with Gasteiger partial charge in [-0.25, -0.2) is 0 Å². The molecule has 4 nitrogen and oxygen atoms in total. The third-order valence-electron chi connectivity index (χ3n) is 3.76. The van der Waals surface area contributed by atoms with Crippen molar-refractivity contribution in [2.75, 3.05) is 11.9 Å². The number of aliphatic hydroxyl groups is 1. The summed E-state index contributed by atoms with van der Waals surface area (Å²) in [5, 5.41) is 12.1. The van der Waals surface area contributed by atoms with Gasteiger partial charge < -0.3 is 15.2 Å². The van der Waals surface area contributed by atoms with Crippen LogP contribution in [0.2, 0.25) is 0 Å². The van der Waals surface area contributed by atoms with Crippen LogP contribution < -0.4 is 10.1 Å². The Balaban J connectivity index is 1.82. The Morgan fingerprint density at radius 3 is 2.95 bits per heavy atom. The number of aryl methyl sites for hydroxylation is 1. The summed E-state index contributed by atoms with van der Waals surface area (Å²) in [5.41, 5.74) is 3.40.